The summed E-state index contributed by atoms with van der Waals surface area (Å²) in [5, 5.41) is 7.57. The summed E-state index contributed by atoms with van der Waals surface area (Å²) in [5.74, 6) is 0. The minimum Gasteiger partial charge on any atom is -0.397 e. The highest BCUT2D eigenvalue weighted by molar-refractivity contribution is 4.65. The molecule has 0 aromatic carbocycles. The molecule has 0 bridgehead atoms. The first-order valence-corrected chi connectivity index (χ1v) is 3.92. The van der Waals surface area contributed by atoms with E-state index in [1.165, 1.54) is 10.9 Å². The Morgan fingerprint density at radius 1 is 1.54 bits per heavy atom. The standard InChI is InChI=1S/C5H7N3O2.C2H6O/c1-2-8-3-6-4(9)7-5(8)10;1-2-3/h3H,2H2,1H3,(H,7,9,10);3H,2H2,1H3. The average molecular weight is 187 g/mol. The Bertz CT molecular complexity index is 341. The lowest BCUT2D eigenvalue weighted by molar-refractivity contribution is 0.318. The largest absolute Gasteiger partial charge is 0.397 e. The first-order valence-electron chi connectivity index (χ1n) is 3.92. The van der Waals surface area contributed by atoms with Crippen LogP contribution < -0.4 is 11.4 Å². The molecule has 6 nitrogen and oxygen atoms in total. The van der Waals surface area contributed by atoms with Crippen LogP contribution in [0.1, 0.15) is 13.8 Å². The summed E-state index contributed by atoms with van der Waals surface area (Å²) in [4.78, 5) is 26.5. The number of aryl methyl sites for hydroxylation is 1. The van der Waals surface area contributed by atoms with Crippen LogP contribution in [0.15, 0.2) is 15.9 Å². The Morgan fingerprint density at radius 3 is 2.46 bits per heavy atom. The van der Waals surface area contributed by atoms with Gasteiger partial charge in [0.2, 0.25) is 0 Å². The van der Waals surface area contributed by atoms with Crippen LogP contribution in [-0.2, 0) is 6.54 Å². The molecule has 13 heavy (non-hydrogen) atoms. The minimum atomic E-state index is -0.602. The van der Waals surface area contributed by atoms with Crippen molar-refractivity contribution in [2.24, 2.45) is 0 Å². The Hall–Kier alpha value is -1.43. The van der Waals surface area contributed by atoms with Crippen LogP contribution in [-0.4, -0.2) is 26.2 Å². The molecule has 0 unspecified atom stereocenters. The molecule has 6 heteroatoms. The van der Waals surface area contributed by atoms with Gasteiger partial charge in [-0.3, -0.25) is 9.55 Å². The molecule has 1 heterocycles. The number of rotatable bonds is 1. The lowest BCUT2D eigenvalue weighted by Crippen LogP contribution is -2.30. The zero-order chi connectivity index (χ0) is 10.3. The lowest BCUT2D eigenvalue weighted by atomic mass is 10.7. The molecule has 0 aliphatic carbocycles. The fourth-order valence-corrected chi connectivity index (χ4v) is 0.595. The molecule has 1 aromatic rings. The van der Waals surface area contributed by atoms with Gasteiger partial charge in [0.25, 0.3) is 0 Å². The van der Waals surface area contributed by atoms with Crippen molar-refractivity contribution in [2.45, 2.75) is 20.4 Å². The van der Waals surface area contributed by atoms with Gasteiger partial charge in [0, 0.05) is 13.2 Å². The normalized spacial score (nSPS) is 8.85. The summed E-state index contributed by atoms with van der Waals surface area (Å²) in [6.45, 7) is 4.24. The third-order valence-electron chi connectivity index (χ3n) is 1.13. The van der Waals surface area contributed by atoms with Crippen LogP contribution in [0, 0.1) is 0 Å². The third kappa shape index (κ3) is 4.22. The number of nitrogens with one attached hydrogen (secondary N) is 1. The molecule has 0 radical (unpaired) electrons. The Kier molecular flexibility index (Phi) is 5.45. The molecule has 0 aliphatic heterocycles. The molecule has 0 fully saturated rings. The van der Waals surface area contributed by atoms with Gasteiger partial charge in [0.1, 0.15) is 6.33 Å². The van der Waals surface area contributed by atoms with Crippen molar-refractivity contribution in [3.05, 3.63) is 27.3 Å². The Labute approximate surface area is 74.9 Å². The molecule has 1 aromatic heterocycles. The number of aliphatic hydroxyl groups excluding tert-OH is 1. The van der Waals surface area contributed by atoms with Crippen molar-refractivity contribution >= 4 is 0 Å². The van der Waals surface area contributed by atoms with E-state index in [2.05, 4.69) is 4.98 Å². The summed E-state index contributed by atoms with van der Waals surface area (Å²) >= 11 is 0. The maximum Gasteiger partial charge on any atom is 0.350 e. The van der Waals surface area contributed by atoms with Crippen LogP contribution in [0.5, 0.6) is 0 Å². The Morgan fingerprint density at radius 2 is 2.08 bits per heavy atom. The fraction of sp³-hybridized carbons (Fsp3) is 0.571. The molecule has 0 saturated heterocycles. The van der Waals surface area contributed by atoms with E-state index >= 15 is 0 Å². The van der Waals surface area contributed by atoms with E-state index in [0.29, 0.717) is 6.54 Å². The molecular formula is C7H13N3O3. The van der Waals surface area contributed by atoms with Crippen LogP contribution >= 0.6 is 0 Å². The van der Waals surface area contributed by atoms with Crippen molar-refractivity contribution in [2.75, 3.05) is 6.61 Å². The molecule has 74 valence electrons. The van der Waals surface area contributed by atoms with Crippen LogP contribution in [0.3, 0.4) is 0 Å². The van der Waals surface area contributed by atoms with E-state index in [-0.39, 0.29) is 6.61 Å². The summed E-state index contributed by atoms with van der Waals surface area (Å²) < 4.78 is 1.31. The molecule has 2 N–H and O–H groups in total. The van der Waals surface area contributed by atoms with Gasteiger partial charge in [-0.05, 0) is 13.8 Å². The van der Waals surface area contributed by atoms with Gasteiger partial charge in [-0.1, -0.05) is 0 Å². The predicted molar refractivity (Wildman–Crippen MR) is 47.6 cm³/mol. The van der Waals surface area contributed by atoms with Gasteiger partial charge < -0.3 is 5.11 Å². The van der Waals surface area contributed by atoms with Crippen molar-refractivity contribution in [3.63, 3.8) is 0 Å². The van der Waals surface area contributed by atoms with E-state index in [4.69, 9.17) is 5.11 Å². The Balaban J connectivity index is 0.000000424. The highest BCUT2D eigenvalue weighted by atomic mass is 16.2. The zero-order valence-corrected chi connectivity index (χ0v) is 7.65. The number of hydrogen-bond donors (Lipinski definition) is 2. The first kappa shape index (κ1) is 11.6. The van der Waals surface area contributed by atoms with Gasteiger partial charge in [0.05, 0.1) is 0 Å². The van der Waals surface area contributed by atoms with E-state index in [1.54, 1.807) is 13.8 Å². The maximum atomic E-state index is 10.7. The summed E-state index contributed by atoms with van der Waals surface area (Å²) in [5.41, 5.74) is -1.02. The lowest BCUT2D eigenvalue weighted by Gasteiger charge is -1.94. The molecule has 0 atom stereocenters. The van der Waals surface area contributed by atoms with Crippen molar-refractivity contribution < 1.29 is 5.11 Å². The van der Waals surface area contributed by atoms with Crippen LogP contribution in [0.2, 0.25) is 0 Å². The molecule has 0 saturated carbocycles. The first-order chi connectivity index (χ1) is 6.15. The van der Waals surface area contributed by atoms with Crippen molar-refractivity contribution in [1.29, 1.82) is 0 Å². The monoisotopic (exact) mass is 187 g/mol. The highest BCUT2D eigenvalue weighted by Crippen LogP contribution is 1.67. The predicted octanol–water partition coefficient (Wildman–Crippen LogP) is -1.05. The summed E-state index contributed by atoms with van der Waals surface area (Å²) in [7, 11) is 0. The second-order valence-corrected chi connectivity index (χ2v) is 2.08. The highest BCUT2D eigenvalue weighted by Gasteiger charge is 1.90. The molecule has 1 rings (SSSR count). The average Bonchev–Trinajstić information content (AvgIpc) is 2.06. The number of aromatic nitrogens is 3. The zero-order valence-electron chi connectivity index (χ0n) is 7.65. The molecule has 0 spiro atoms. The third-order valence-corrected chi connectivity index (χ3v) is 1.13. The van der Waals surface area contributed by atoms with Gasteiger partial charge in [-0.15, -0.1) is 0 Å². The molecule has 0 amide bonds. The fourth-order valence-electron chi connectivity index (χ4n) is 0.595. The number of aromatic amines is 1. The van der Waals surface area contributed by atoms with E-state index in [0.717, 1.165) is 0 Å². The molecule has 0 aliphatic rings. The topological polar surface area (TPSA) is 88.0 Å². The summed E-state index contributed by atoms with van der Waals surface area (Å²) in [6.07, 6.45) is 1.22. The molecular weight excluding hydrogens is 174 g/mol. The second kappa shape index (κ2) is 6.13. The number of aliphatic hydroxyl groups is 1. The number of hydrogen-bond acceptors (Lipinski definition) is 4. The van der Waals surface area contributed by atoms with Gasteiger partial charge >= 0.3 is 11.4 Å². The van der Waals surface area contributed by atoms with Crippen LogP contribution in [0.4, 0.5) is 0 Å². The smallest absolute Gasteiger partial charge is 0.350 e. The van der Waals surface area contributed by atoms with Crippen molar-refractivity contribution in [3.8, 4) is 0 Å². The van der Waals surface area contributed by atoms with Crippen LogP contribution in [0.25, 0.3) is 0 Å². The summed E-state index contributed by atoms with van der Waals surface area (Å²) in [6, 6.07) is 0. The quantitative estimate of drug-likeness (QED) is 0.587. The van der Waals surface area contributed by atoms with E-state index in [9.17, 15) is 9.59 Å². The van der Waals surface area contributed by atoms with Crippen molar-refractivity contribution in [1.82, 2.24) is 14.5 Å². The van der Waals surface area contributed by atoms with E-state index < -0.39 is 11.4 Å². The van der Waals surface area contributed by atoms with E-state index in [1.807, 2.05) is 4.98 Å². The van der Waals surface area contributed by atoms with Gasteiger partial charge in [-0.2, -0.15) is 4.98 Å². The number of nitrogens with zero attached hydrogens (tertiary/aromatic N) is 2. The number of H-pyrrole nitrogens is 1. The minimum absolute atomic E-state index is 0.250. The van der Waals surface area contributed by atoms with Gasteiger partial charge in [0.15, 0.2) is 0 Å². The van der Waals surface area contributed by atoms with Gasteiger partial charge in [-0.25, -0.2) is 9.59 Å². The second-order valence-electron chi connectivity index (χ2n) is 2.08. The maximum absolute atomic E-state index is 10.7. The SMILES string of the molecule is CCO.CCn1cnc(=O)[nH]c1=O.